The Kier molecular flexibility index (Phi) is 29.8. The van der Waals surface area contributed by atoms with Gasteiger partial charge in [-0.15, -0.1) is 0 Å². The summed E-state index contributed by atoms with van der Waals surface area (Å²) < 4.78 is 103. The predicted octanol–water partition coefficient (Wildman–Crippen LogP) is 3.01. The van der Waals surface area contributed by atoms with Crippen molar-refractivity contribution in [3.63, 3.8) is 0 Å². The molecule has 0 aliphatic carbocycles. The second-order valence-electron chi connectivity index (χ2n) is 10.8. The molecular weight excluding hydrogens is 691 g/mol. The lowest BCUT2D eigenvalue weighted by Gasteiger charge is -2.22. The predicted molar refractivity (Wildman–Crippen MR) is 182 cm³/mol. The van der Waals surface area contributed by atoms with Crippen molar-refractivity contribution in [3.05, 3.63) is 23.3 Å². The van der Waals surface area contributed by atoms with Crippen LogP contribution in [-0.4, -0.2) is 143 Å². The molecule has 0 amide bonds. The summed E-state index contributed by atoms with van der Waals surface area (Å²) in [5.74, 6) is -9.46. The number of unbranched alkanes of at least 4 members (excludes halogenated alkanes) is 2. The van der Waals surface area contributed by atoms with Crippen LogP contribution in [0.4, 0.5) is 17.6 Å². The molecular formula is C33H57F4N2O10P. The van der Waals surface area contributed by atoms with Gasteiger partial charge in [-0.05, 0) is 25.7 Å². The van der Waals surface area contributed by atoms with Crippen LogP contribution in [0, 0.1) is 23.3 Å². The Labute approximate surface area is 296 Å². The fourth-order valence-corrected chi connectivity index (χ4v) is 4.31. The van der Waals surface area contributed by atoms with Crippen LogP contribution in [0.1, 0.15) is 39.0 Å². The Morgan fingerprint density at radius 3 is 1.50 bits per heavy atom. The molecule has 0 saturated carbocycles. The van der Waals surface area contributed by atoms with Crippen molar-refractivity contribution in [1.29, 1.82) is 0 Å². The Morgan fingerprint density at radius 2 is 1.00 bits per heavy atom. The SMILES string of the molecule is CCCOCCCCCOCCN(CCOCCOCCOCCN)CCOCCOCCOCCC(=O)Oc1c(F)c(F)c(F)c(P)c1F. The largest absolute Gasteiger partial charge is 0.420 e. The molecule has 0 aliphatic rings. The quantitative estimate of drug-likeness (QED) is 0.0209. The Bertz CT molecular complexity index is 953. The van der Waals surface area contributed by atoms with Crippen LogP contribution in [0.25, 0.3) is 0 Å². The van der Waals surface area contributed by atoms with Crippen LogP contribution in [0.3, 0.4) is 0 Å². The van der Waals surface area contributed by atoms with Gasteiger partial charge in [-0.2, -0.15) is 4.39 Å². The van der Waals surface area contributed by atoms with E-state index in [9.17, 15) is 22.4 Å². The molecule has 2 N–H and O–H groups in total. The summed E-state index contributed by atoms with van der Waals surface area (Å²) in [6.07, 6.45) is 3.78. The number of ether oxygens (including phenoxy) is 9. The summed E-state index contributed by atoms with van der Waals surface area (Å²) >= 11 is 0. The lowest BCUT2D eigenvalue weighted by Crippen LogP contribution is -2.34. The van der Waals surface area contributed by atoms with Crippen LogP contribution < -0.4 is 15.8 Å². The van der Waals surface area contributed by atoms with E-state index >= 15 is 0 Å². The summed E-state index contributed by atoms with van der Waals surface area (Å²) in [7, 11) is 1.59. The molecule has 0 saturated heterocycles. The fourth-order valence-electron chi connectivity index (χ4n) is 4.06. The third-order valence-corrected chi connectivity index (χ3v) is 7.26. The van der Waals surface area contributed by atoms with E-state index in [4.69, 9.17) is 43.6 Å². The number of carbonyl (C=O) groups is 1. The monoisotopic (exact) mass is 748 g/mol. The van der Waals surface area contributed by atoms with Crippen LogP contribution in [0.15, 0.2) is 0 Å². The molecule has 50 heavy (non-hydrogen) atoms. The topological polar surface area (TPSA) is 129 Å². The number of halogens is 4. The van der Waals surface area contributed by atoms with Crippen LogP contribution in [0.2, 0.25) is 0 Å². The number of nitrogens with zero attached hydrogens (tertiary/aromatic N) is 1. The van der Waals surface area contributed by atoms with Gasteiger partial charge >= 0.3 is 5.97 Å². The number of nitrogens with two attached hydrogens (primary N) is 1. The zero-order chi connectivity index (χ0) is 36.7. The number of hydrogen-bond acceptors (Lipinski definition) is 12. The maximum absolute atomic E-state index is 14.0. The minimum absolute atomic E-state index is 0.131. The van der Waals surface area contributed by atoms with E-state index < -0.39 is 40.3 Å². The molecule has 0 fully saturated rings. The van der Waals surface area contributed by atoms with Gasteiger partial charge in [-0.1, -0.05) is 16.2 Å². The van der Waals surface area contributed by atoms with Crippen molar-refractivity contribution >= 4 is 20.5 Å². The molecule has 1 unspecified atom stereocenters. The van der Waals surface area contributed by atoms with Crippen molar-refractivity contribution in [2.45, 2.75) is 39.0 Å². The van der Waals surface area contributed by atoms with Gasteiger partial charge in [0.25, 0.3) is 0 Å². The number of hydrogen-bond donors (Lipinski definition) is 1. The van der Waals surface area contributed by atoms with Crippen LogP contribution in [-0.2, 0) is 42.7 Å². The number of rotatable bonds is 35. The highest BCUT2D eigenvalue weighted by atomic mass is 31.0. The molecule has 292 valence electrons. The number of benzene rings is 1. The first-order chi connectivity index (χ1) is 24.3. The highest BCUT2D eigenvalue weighted by molar-refractivity contribution is 7.27. The Balaban J connectivity index is 2.18. The minimum atomic E-state index is -1.94. The van der Waals surface area contributed by atoms with E-state index in [-0.39, 0.29) is 26.2 Å². The lowest BCUT2D eigenvalue weighted by atomic mass is 10.2. The average Bonchev–Trinajstić information content (AvgIpc) is 3.11. The van der Waals surface area contributed by atoms with Gasteiger partial charge in [0.15, 0.2) is 17.5 Å². The molecule has 0 aliphatic heterocycles. The second-order valence-corrected chi connectivity index (χ2v) is 11.4. The van der Waals surface area contributed by atoms with Gasteiger partial charge in [0.05, 0.1) is 92.3 Å². The first-order valence-electron chi connectivity index (χ1n) is 17.2. The summed E-state index contributed by atoms with van der Waals surface area (Å²) in [5.41, 5.74) is 5.38. The first-order valence-corrected chi connectivity index (χ1v) is 17.8. The van der Waals surface area contributed by atoms with Crippen molar-refractivity contribution in [2.75, 3.05) is 132 Å². The maximum Gasteiger partial charge on any atom is 0.313 e. The summed E-state index contributed by atoms with van der Waals surface area (Å²) in [6.45, 7) is 12.1. The first kappa shape index (κ1) is 46.5. The van der Waals surface area contributed by atoms with Gasteiger partial charge in [0.1, 0.15) is 0 Å². The minimum Gasteiger partial charge on any atom is -0.420 e. The fraction of sp³-hybridized carbons (Fsp3) is 0.788. The average molecular weight is 749 g/mol. The summed E-state index contributed by atoms with van der Waals surface area (Å²) in [5, 5.41) is -0.874. The zero-order valence-electron chi connectivity index (χ0n) is 29.4. The van der Waals surface area contributed by atoms with Crippen LogP contribution >= 0.6 is 9.24 Å². The molecule has 17 heteroatoms. The Hall–Kier alpha value is -1.56. The van der Waals surface area contributed by atoms with E-state index in [1.165, 1.54) is 0 Å². The molecule has 0 heterocycles. The molecule has 1 rings (SSSR count). The van der Waals surface area contributed by atoms with Crippen molar-refractivity contribution in [1.82, 2.24) is 4.90 Å². The van der Waals surface area contributed by atoms with E-state index in [1.807, 2.05) is 0 Å². The van der Waals surface area contributed by atoms with E-state index in [1.54, 1.807) is 9.24 Å². The third-order valence-electron chi connectivity index (χ3n) is 6.76. The standard InChI is InChI=1S/C33H57F4N2O10P/c1-2-11-41-12-4-3-5-13-42-16-8-39(10-18-46-22-26-48-24-20-44-15-7-38)9-17-45-21-25-47-23-19-43-14-6-27(40)49-32-29(35)28(34)30(36)33(50)31(32)37/h2-26,38,50H2,1H3. The molecule has 0 bridgehead atoms. The number of esters is 1. The third kappa shape index (κ3) is 23.1. The Morgan fingerprint density at radius 1 is 0.560 bits per heavy atom. The number of carbonyl (C=O) groups excluding carboxylic acids is 1. The summed E-state index contributed by atoms with van der Waals surface area (Å²) in [6, 6.07) is 0. The maximum atomic E-state index is 14.0. The van der Waals surface area contributed by atoms with Gasteiger partial charge in [-0.3, -0.25) is 9.69 Å². The van der Waals surface area contributed by atoms with Gasteiger partial charge < -0.3 is 48.4 Å². The van der Waals surface area contributed by atoms with E-state index in [0.29, 0.717) is 92.3 Å². The van der Waals surface area contributed by atoms with Crippen molar-refractivity contribution in [3.8, 4) is 5.75 Å². The molecule has 1 aromatic carbocycles. The van der Waals surface area contributed by atoms with Gasteiger partial charge in [-0.25, -0.2) is 13.2 Å². The van der Waals surface area contributed by atoms with Gasteiger partial charge in [0, 0.05) is 51.3 Å². The zero-order valence-corrected chi connectivity index (χ0v) is 30.5. The molecule has 0 spiro atoms. The van der Waals surface area contributed by atoms with Crippen molar-refractivity contribution in [2.24, 2.45) is 5.73 Å². The molecule has 1 atom stereocenters. The second kappa shape index (κ2) is 32.1. The van der Waals surface area contributed by atoms with Gasteiger partial charge in [0.2, 0.25) is 11.6 Å². The normalized spacial score (nSPS) is 11.6. The molecule has 1 aromatic rings. The molecule has 0 aromatic heterocycles. The highest BCUT2D eigenvalue weighted by Crippen LogP contribution is 2.26. The van der Waals surface area contributed by atoms with E-state index in [0.717, 1.165) is 45.4 Å². The molecule has 12 nitrogen and oxygen atoms in total. The van der Waals surface area contributed by atoms with E-state index in [2.05, 4.69) is 16.6 Å². The van der Waals surface area contributed by atoms with Crippen molar-refractivity contribution < 1.29 is 65.0 Å². The van der Waals surface area contributed by atoms with Crippen LogP contribution in [0.5, 0.6) is 5.75 Å². The molecule has 0 radical (unpaired) electrons. The highest BCUT2D eigenvalue weighted by Gasteiger charge is 2.26. The summed E-state index contributed by atoms with van der Waals surface area (Å²) in [4.78, 5) is 14.1. The smallest absolute Gasteiger partial charge is 0.313 e. The lowest BCUT2D eigenvalue weighted by molar-refractivity contribution is -0.136.